The van der Waals surface area contributed by atoms with Gasteiger partial charge in [0.05, 0.1) is 19.1 Å². The van der Waals surface area contributed by atoms with E-state index in [1.165, 1.54) is 4.90 Å². The first kappa shape index (κ1) is 22.7. The van der Waals surface area contributed by atoms with E-state index < -0.39 is 5.79 Å². The van der Waals surface area contributed by atoms with E-state index in [2.05, 4.69) is 15.6 Å². The molecule has 1 aromatic heterocycles. The number of carbonyl (C=O) groups excluding carboxylic acids is 2. The summed E-state index contributed by atoms with van der Waals surface area (Å²) in [5.74, 6) is -0.512. The average Bonchev–Trinajstić information content (AvgIpc) is 3.20. The van der Waals surface area contributed by atoms with Gasteiger partial charge in [-0.25, -0.2) is 4.79 Å². The number of carbonyl (C=O) groups is 2. The molecule has 30 heavy (non-hydrogen) atoms. The Balaban J connectivity index is 1.59. The summed E-state index contributed by atoms with van der Waals surface area (Å²) < 4.78 is 11.8. The van der Waals surface area contributed by atoms with E-state index in [1.54, 1.807) is 12.4 Å². The van der Waals surface area contributed by atoms with Gasteiger partial charge in [-0.15, -0.1) is 0 Å². The lowest BCUT2D eigenvalue weighted by Gasteiger charge is -2.37. The first-order valence-corrected chi connectivity index (χ1v) is 11.0. The van der Waals surface area contributed by atoms with Crippen molar-refractivity contribution in [1.82, 2.24) is 20.5 Å². The van der Waals surface area contributed by atoms with E-state index in [-0.39, 0.29) is 17.9 Å². The highest BCUT2D eigenvalue weighted by atomic mass is 16.7. The van der Waals surface area contributed by atoms with Crippen molar-refractivity contribution in [2.45, 2.75) is 51.4 Å². The maximum Gasteiger partial charge on any atom is 0.324 e. The molecule has 8 nitrogen and oxygen atoms in total. The van der Waals surface area contributed by atoms with Crippen LogP contribution in [0.25, 0.3) is 0 Å². The van der Waals surface area contributed by atoms with Crippen LogP contribution in [-0.2, 0) is 20.8 Å². The van der Waals surface area contributed by atoms with Crippen LogP contribution in [0, 0.1) is 11.8 Å². The van der Waals surface area contributed by atoms with Gasteiger partial charge >= 0.3 is 6.03 Å². The number of amides is 3. The lowest BCUT2D eigenvalue weighted by atomic mass is 9.79. The number of imide groups is 1. The minimum absolute atomic E-state index is 0.136. The van der Waals surface area contributed by atoms with Crippen molar-refractivity contribution in [2.24, 2.45) is 11.8 Å². The number of nitrogens with one attached hydrogen (secondary N) is 2. The molecule has 8 heteroatoms. The van der Waals surface area contributed by atoms with Crippen molar-refractivity contribution in [3.63, 3.8) is 0 Å². The SMILES string of the molecule is CCN(C(=O)NCc1cccnc1)C(=O)[C@@H](CNC)C[C@H]1CCCC2(C1)OCCO2. The molecule has 2 atom stereocenters. The molecule has 2 N–H and O–H groups in total. The number of hydrogen-bond acceptors (Lipinski definition) is 6. The third-order valence-corrected chi connectivity index (χ3v) is 5.99. The van der Waals surface area contributed by atoms with Gasteiger partial charge in [0.2, 0.25) is 5.91 Å². The zero-order chi connectivity index (χ0) is 21.4. The Hall–Kier alpha value is -2.03. The van der Waals surface area contributed by atoms with E-state index in [0.717, 1.165) is 37.7 Å². The molecule has 1 spiro atoms. The Morgan fingerprint density at radius 3 is 2.83 bits per heavy atom. The lowest BCUT2D eigenvalue weighted by Crippen LogP contribution is -2.48. The molecule has 3 amide bonds. The van der Waals surface area contributed by atoms with Crippen LogP contribution in [-0.4, -0.2) is 61.0 Å². The highest BCUT2D eigenvalue weighted by Crippen LogP contribution is 2.41. The number of ether oxygens (including phenoxy) is 2. The Labute approximate surface area is 178 Å². The average molecular weight is 419 g/mol. The van der Waals surface area contributed by atoms with Gasteiger partial charge < -0.3 is 20.1 Å². The minimum Gasteiger partial charge on any atom is -0.348 e. The molecule has 2 heterocycles. The minimum atomic E-state index is -0.457. The van der Waals surface area contributed by atoms with Crippen molar-refractivity contribution in [3.8, 4) is 0 Å². The smallest absolute Gasteiger partial charge is 0.324 e. The molecule has 1 saturated heterocycles. The summed E-state index contributed by atoms with van der Waals surface area (Å²) >= 11 is 0. The number of rotatable bonds is 8. The van der Waals surface area contributed by atoms with Crippen LogP contribution in [0.3, 0.4) is 0 Å². The number of nitrogens with zero attached hydrogens (tertiary/aromatic N) is 2. The predicted molar refractivity (Wildman–Crippen MR) is 112 cm³/mol. The van der Waals surface area contributed by atoms with Gasteiger partial charge in [0.1, 0.15) is 0 Å². The molecule has 2 aliphatic rings. The predicted octanol–water partition coefficient (Wildman–Crippen LogP) is 2.30. The molecular formula is C22H34N4O4. The highest BCUT2D eigenvalue weighted by Gasteiger charge is 2.42. The van der Waals surface area contributed by atoms with E-state index in [4.69, 9.17) is 9.47 Å². The molecular weight excluding hydrogens is 384 g/mol. The molecule has 0 unspecified atom stereocenters. The monoisotopic (exact) mass is 418 g/mol. The van der Waals surface area contributed by atoms with E-state index in [0.29, 0.717) is 38.8 Å². The van der Waals surface area contributed by atoms with Crippen LogP contribution >= 0.6 is 0 Å². The van der Waals surface area contributed by atoms with Gasteiger partial charge in [-0.3, -0.25) is 14.7 Å². The third-order valence-electron chi connectivity index (χ3n) is 5.99. The summed E-state index contributed by atoms with van der Waals surface area (Å²) in [5, 5.41) is 5.96. The third kappa shape index (κ3) is 5.77. The zero-order valence-electron chi connectivity index (χ0n) is 18.1. The number of aromatic nitrogens is 1. The molecule has 1 aliphatic carbocycles. The van der Waals surface area contributed by atoms with Crippen molar-refractivity contribution >= 4 is 11.9 Å². The van der Waals surface area contributed by atoms with Crippen LogP contribution in [0.15, 0.2) is 24.5 Å². The maximum absolute atomic E-state index is 13.3. The largest absolute Gasteiger partial charge is 0.348 e. The van der Waals surface area contributed by atoms with E-state index in [1.807, 2.05) is 26.1 Å². The van der Waals surface area contributed by atoms with E-state index in [9.17, 15) is 9.59 Å². The molecule has 0 aromatic carbocycles. The Kier molecular flexibility index (Phi) is 8.18. The van der Waals surface area contributed by atoms with Crippen molar-refractivity contribution in [3.05, 3.63) is 30.1 Å². The Morgan fingerprint density at radius 2 is 2.17 bits per heavy atom. The molecule has 1 aromatic rings. The van der Waals surface area contributed by atoms with Gasteiger partial charge in [0.25, 0.3) is 0 Å². The summed E-state index contributed by atoms with van der Waals surface area (Å²) in [4.78, 5) is 31.3. The van der Waals surface area contributed by atoms with Gasteiger partial charge in [-0.1, -0.05) is 12.5 Å². The first-order chi connectivity index (χ1) is 14.6. The van der Waals surface area contributed by atoms with Gasteiger partial charge in [0.15, 0.2) is 5.79 Å². The number of urea groups is 1. The molecule has 1 aliphatic heterocycles. The second-order valence-corrected chi connectivity index (χ2v) is 8.16. The number of pyridine rings is 1. The molecule has 1 saturated carbocycles. The first-order valence-electron chi connectivity index (χ1n) is 11.0. The van der Waals surface area contributed by atoms with Crippen LogP contribution in [0.4, 0.5) is 4.79 Å². The molecule has 3 rings (SSSR count). The summed E-state index contributed by atoms with van der Waals surface area (Å²) in [7, 11) is 1.84. The summed E-state index contributed by atoms with van der Waals surface area (Å²) in [5.41, 5.74) is 0.894. The quantitative estimate of drug-likeness (QED) is 0.673. The fourth-order valence-corrected chi connectivity index (χ4v) is 4.58. The van der Waals surface area contributed by atoms with Crippen molar-refractivity contribution in [2.75, 3.05) is 33.4 Å². The lowest BCUT2D eigenvalue weighted by molar-refractivity contribution is -0.188. The van der Waals surface area contributed by atoms with E-state index >= 15 is 0 Å². The summed E-state index contributed by atoms with van der Waals surface area (Å²) in [6.45, 7) is 4.33. The van der Waals surface area contributed by atoms with Crippen LogP contribution in [0.5, 0.6) is 0 Å². The maximum atomic E-state index is 13.3. The zero-order valence-corrected chi connectivity index (χ0v) is 18.1. The van der Waals surface area contributed by atoms with Crippen molar-refractivity contribution in [1.29, 1.82) is 0 Å². The van der Waals surface area contributed by atoms with Gasteiger partial charge in [-0.05, 0) is 44.4 Å². The second kappa shape index (κ2) is 10.8. The summed E-state index contributed by atoms with van der Waals surface area (Å²) in [6.07, 6.45) is 7.95. The van der Waals surface area contributed by atoms with Crippen LogP contribution in [0.1, 0.15) is 44.6 Å². The molecule has 0 bridgehead atoms. The molecule has 2 fully saturated rings. The standard InChI is InChI=1S/C22H34N4O4/c1-3-26(21(28)25-15-18-7-5-9-24-14-18)20(27)19(16-23-2)12-17-6-4-8-22(13-17)29-10-11-30-22/h5,7,9,14,17,19,23H,3-4,6,8,10-13,15-16H2,1-2H3,(H,25,28)/t17-,19-/m1/s1. The topological polar surface area (TPSA) is 92.8 Å². The number of hydrogen-bond donors (Lipinski definition) is 2. The van der Waals surface area contributed by atoms with Gasteiger partial charge in [-0.2, -0.15) is 0 Å². The second-order valence-electron chi connectivity index (χ2n) is 8.16. The van der Waals surface area contributed by atoms with Gasteiger partial charge in [0, 0.05) is 44.9 Å². The fraction of sp³-hybridized carbons (Fsp3) is 0.682. The molecule has 0 radical (unpaired) electrons. The highest BCUT2D eigenvalue weighted by molar-refractivity contribution is 5.95. The van der Waals surface area contributed by atoms with Crippen LogP contribution in [0.2, 0.25) is 0 Å². The Bertz CT molecular complexity index is 694. The summed E-state index contributed by atoms with van der Waals surface area (Å²) in [6, 6.07) is 3.35. The Morgan fingerprint density at radius 1 is 1.37 bits per heavy atom. The van der Waals surface area contributed by atoms with Crippen molar-refractivity contribution < 1.29 is 19.1 Å². The van der Waals surface area contributed by atoms with Crippen LogP contribution < -0.4 is 10.6 Å². The fourth-order valence-electron chi connectivity index (χ4n) is 4.58. The normalized spacial score (nSPS) is 21.3. The molecule has 166 valence electrons.